The Kier molecular flexibility index (Phi) is 7.31. The molecule has 0 rings (SSSR count). The smallest absolute Gasteiger partial charge is 0.319 e. The van der Waals surface area contributed by atoms with Crippen LogP contribution in [0.2, 0.25) is 0 Å². The van der Waals surface area contributed by atoms with E-state index in [2.05, 4.69) is 0 Å². The van der Waals surface area contributed by atoms with Crippen molar-refractivity contribution in [3.63, 3.8) is 0 Å². The quantitative estimate of drug-likeness (QED) is 0.504. The first kappa shape index (κ1) is 13.3. The van der Waals surface area contributed by atoms with E-state index in [0.29, 0.717) is 12.2 Å². The molecule has 0 aromatic carbocycles. The summed E-state index contributed by atoms with van der Waals surface area (Å²) in [7, 11) is 0. The van der Waals surface area contributed by atoms with E-state index < -0.39 is 0 Å². The molecule has 4 heteroatoms. The first-order chi connectivity index (χ1) is 6.61. The molecule has 0 amide bonds. The van der Waals surface area contributed by atoms with Crippen LogP contribution in [0.15, 0.2) is 0 Å². The van der Waals surface area contributed by atoms with Crippen LogP contribution in [0.3, 0.4) is 0 Å². The molecule has 0 saturated heterocycles. The Balaban J connectivity index is 3.71. The number of rotatable bonds is 6. The van der Waals surface area contributed by atoms with E-state index >= 15 is 0 Å². The molecule has 0 bridgehead atoms. The van der Waals surface area contributed by atoms with Crippen molar-refractivity contribution in [2.75, 3.05) is 5.75 Å². The van der Waals surface area contributed by atoms with Crippen LogP contribution in [0.4, 0.5) is 0 Å². The molecule has 2 atom stereocenters. The van der Waals surface area contributed by atoms with Gasteiger partial charge >= 0.3 is 5.97 Å². The lowest BCUT2D eigenvalue weighted by Gasteiger charge is -2.14. The van der Waals surface area contributed by atoms with Crippen molar-refractivity contribution in [2.24, 2.45) is 0 Å². The number of thioether (sulfide) groups is 1. The number of carbonyl (C=O) groups excluding carboxylic acids is 1. The second kappa shape index (κ2) is 7.69. The highest BCUT2D eigenvalue weighted by Gasteiger charge is 2.16. The maximum Gasteiger partial charge on any atom is 0.319 e. The van der Waals surface area contributed by atoms with Gasteiger partial charge in [0.25, 0.3) is 0 Å². The molecule has 0 aromatic rings. The van der Waals surface area contributed by atoms with E-state index in [4.69, 9.17) is 10.00 Å². The Morgan fingerprint density at radius 1 is 1.57 bits per heavy atom. The van der Waals surface area contributed by atoms with Crippen molar-refractivity contribution in [1.82, 2.24) is 0 Å². The predicted molar refractivity (Wildman–Crippen MR) is 58.0 cm³/mol. The first-order valence-corrected chi connectivity index (χ1v) is 5.85. The first-order valence-electron chi connectivity index (χ1n) is 4.80. The molecule has 0 spiro atoms. The molecule has 0 aliphatic rings. The van der Waals surface area contributed by atoms with Gasteiger partial charge in [0.2, 0.25) is 0 Å². The fourth-order valence-corrected chi connectivity index (χ4v) is 1.48. The van der Waals surface area contributed by atoms with Gasteiger partial charge in [-0.15, -0.1) is 11.8 Å². The van der Waals surface area contributed by atoms with Crippen LogP contribution in [-0.4, -0.2) is 23.1 Å². The van der Waals surface area contributed by atoms with E-state index in [1.165, 1.54) is 11.8 Å². The minimum Gasteiger partial charge on any atom is -0.462 e. The molecule has 0 aliphatic carbocycles. The van der Waals surface area contributed by atoms with Crippen LogP contribution in [0.1, 0.15) is 33.6 Å². The molecule has 0 radical (unpaired) electrons. The summed E-state index contributed by atoms with van der Waals surface area (Å²) >= 11 is 1.46. The maximum atomic E-state index is 11.4. The van der Waals surface area contributed by atoms with E-state index in [9.17, 15) is 4.79 Å². The van der Waals surface area contributed by atoms with E-state index in [0.717, 1.165) is 6.42 Å². The number of hydrogen-bond acceptors (Lipinski definition) is 4. The van der Waals surface area contributed by atoms with E-state index in [-0.39, 0.29) is 17.3 Å². The van der Waals surface area contributed by atoms with E-state index in [1.54, 1.807) is 0 Å². The van der Waals surface area contributed by atoms with Crippen LogP contribution >= 0.6 is 11.8 Å². The fourth-order valence-electron chi connectivity index (χ4n) is 0.727. The summed E-state index contributed by atoms with van der Waals surface area (Å²) in [5.74, 6) is 0.509. The van der Waals surface area contributed by atoms with Crippen molar-refractivity contribution in [1.29, 1.82) is 5.26 Å². The Labute approximate surface area is 89.8 Å². The molecular weight excluding hydrogens is 198 g/mol. The van der Waals surface area contributed by atoms with Crippen LogP contribution in [0.25, 0.3) is 0 Å². The normalized spacial score (nSPS) is 14.1. The number of esters is 1. The van der Waals surface area contributed by atoms with Gasteiger partial charge < -0.3 is 4.74 Å². The van der Waals surface area contributed by atoms with Crippen molar-refractivity contribution in [2.45, 2.75) is 45.0 Å². The molecule has 0 fully saturated rings. The maximum absolute atomic E-state index is 11.4. The highest BCUT2D eigenvalue weighted by atomic mass is 32.2. The third-order valence-electron chi connectivity index (χ3n) is 1.81. The summed E-state index contributed by atoms with van der Waals surface area (Å²) in [5, 5.41) is 8.15. The number of nitriles is 1. The lowest BCUT2D eigenvalue weighted by atomic mass is 10.3. The van der Waals surface area contributed by atoms with Gasteiger partial charge in [0.1, 0.15) is 0 Å². The van der Waals surface area contributed by atoms with Crippen molar-refractivity contribution in [3.8, 4) is 6.07 Å². The zero-order chi connectivity index (χ0) is 11.0. The van der Waals surface area contributed by atoms with Gasteiger partial charge in [-0.1, -0.05) is 6.92 Å². The van der Waals surface area contributed by atoms with Crippen LogP contribution in [0.5, 0.6) is 0 Å². The van der Waals surface area contributed by atoms with Gasteiger partial charge in [-0.2, -0.15) is 5.26 Å². The standard InChI is InChI=1S/C10H17NO2S/c1-4-8(2)13-10(12)9(3)14-7-5-6-11/h8-9H,4-5,7H2,1-3H3. The molecule has 3 nitrogen and oxygen atoms in total. The molecular formula is C10H17NO2S. The molecule has 80 valence electrons. The number of hydrogen-bond donors (Lipinski definition) is 0. The second-order valence-corrected chi connectivity index (χ2v) is 4.53. The van der Waals surface area contributed by atoms with Gasteiger partial charge in [-0.05, 0) is 20.3 Å². The van der Waals surface area contributed by atoms with E-state index in [1.807, 2.05) is 26.8 Å². The molecule has 0 N–H and O–H groups in total. The number of carbonyl (C=O) groups is 1. The van der Waals surface area contributed by atoms with Gasteiger partial charge in [0.15, 0.2) is 0 Å². The Morgan fingerprint density at radius 3 is 2.71 bits per heavy atom. The monoisotopic (exact) mass is 215 g/mol. The summed E-state index contributed by atoms with van der Waals surface area (Å²) in [4.78, 5) is 11.4. The summed E-state index contributed by atoms with van der Waals surface area (Å²) in [6.07, 6.45) is 1.30. The minimum absolute atomic E-state index is 0.0125. The van der Waals surface area contributed by atoms with Gasteiger partial charge in [0.05, 0.1) is 17.4 Å². The lowest BCUT2D eigenvalue weighted by Crippen LogP contribution is -2.22. The average molecular weight is 215 g/mol. The zero-order valence-electron chi connectivity index (χ0n) is 8.95. The summed E-state index contributed by atoms with van der Waals surface area (Å²) < 4.78 is 5.15. The molecule has 0 heterocycles. The fraction of sp³-hybridized carbons (Fsp3) is 0.800. The Hall–Kier alpha value is -0.690. The number of ether oxygens (including phenoxy) is 1. The molecule has 14 heavy (non-hydrogen) atoms. The van der Waals surface area contributed by atoms with Crippen LogP contribution in [0, 0.1) is 11.3 Å². The minimum atomic E-state index is -0.178. The molecule has 0 aliphatic heterocycles. The van der Waals surface area contributed by atoms with Gasteiger partial charge in [-0.25, -0.2) is 0 Å². The average Bonchev–Trinajstić information content (AvgIpc) is 2.17. The predicted octanol–water partition coefficient (Wildman–Crippen LogP) is 2.36. The summed E-state index contributed by atoms with van der Waals surface area (Å²) in [6, 6.07) is 2.04. The highest BCUT2D eigenvalue weighted by Crippen LogP contribution is 2.14. The SMILES string of the molecule is CCC(C)OC(=O)C(C)SCCC#N. The molecule has 0 saturated carbocycles. The summed E-state index contributed by atoms with van der Waals surface area (Å²) in [5.41, 5.74) is 0. The lowest BCUT2D eigenvalue weighted by molar-refractivity contribution is -0.147. The van der Waals surface area contributed by atoms with Gasteiger partial charge in [-0.3, -0.25) is 4.79 Å². The zero-order valence-corrected chi connectivity index (χ0v) is 9.76. The van der Waals surface area contributed by atoms with Crippen LogP contribution in [-0.2, 0) is 9.53 Å². The second-order valence-electron chi connectivity index (χ2n) is 3.08. The van der Waals surface area contributed by atoms with Gasteiger partial charge in [0, 0.05) is 12.2 Å². The van der Waals surface area contributed by atoms with Crippen molar-refractivity contribution < 1.29 is 9.53 Å². The van der Waals surface area contributed by atoms with Crippen molar-refractivity contribution in [3.05, 3.63) is 0 Å². The summed E-state index contributed by atoms with van der Waals surface area (Å²) in [6.45, 7) is 5.67. The topological polar surface area (TPSA) is 50.1 Å². The largest absolute Gasteiger partial charge is 0.462 e. The molecule has 0 aromatic heterocycles. The Morgan fingerprint density at radius 2 is 2.21 bits per heavy atom. The third kappa shape index (κ3) is 5.87. The van der Waals surface area contributed by atoms with Crippen molar-refractivity contribution >= 4 is 17.7 Å². The van der Waals surface area contributed by atoms with Crippen LogP contribution < -0.4 is 0 Å². The highest BCUT2D eigenvalue weighted by molar-refractivity contribution is 8.00. The number of nitrogens with zero attached hydrogens (tertiary/aromatic N) is 1. The Bertz CT molecular complexity index is 213. The third-order valence-corrected chi connectivity index (χ3v) is 2.94. The molecule has 2 unspecified atom stereocenters.